The van der Waals surface area contributed by atoms with Crippen molar-refractivity contribution in [2.24, 2.45) is 0 Å². The highest BCUT2D eigenvalue weighted by atomic mass is 32.1. The Morgan fingerprint density at radius 3 is 2.04 bits per heavy atom. The Morgan fingerprint density at radius 2 is 1.42 bits per heavy atom. The van der Waals surface area contributed by atoms with Gasteiger partial charge >= 0.3 is 0 Å². The van der Waals surface area contributed by atoms with Gasteiger partial charge in [-0.1, -0.05) is 48.2 Å². The van der Waals surface area contributed by atoms with Gasteiger partial charge in [0.15, 0.2) is 11.6 Å². The van der Waals surface area contributed by atoms with Crippen LogP contribution >= 0.6 is 11.3 Å². The van der Waals surface area contributed by atoms with Crippen LogP contribution in [0.1, 0.15) is 37.6 Å². The number of rotatable bonds is 4. The van der Waals surface area contributed by atoms with Crippen molar-refractivity contribution in [1.29, 1.82) is 0 Å². The molecule has 0 amide bonds. The fourth-order valence-corrected chi connectivity index (χ4v) is 2.84. The predicted octanol–water partition coefficient (Wildman–Crippen LogP) is 4.60. The molecule has 0 saturated heterocycles. The molecule has 0 aliphatic carbocycles. The van der Waals surface area contributed by atoms with Crippen LogP contribution in [0, 0.1) is 11.8 Å². The Morgan fingerprint density at radius 1 is 0.750 bits per heavy atom. The van der Waals surface area contributed by atoms with Gasteiger partial charge < -0.3 is 0 Å². The fraction of sp³-hybridized carbons (Fsp3) is 0.0476. The Bertz CT molecular complexity index is 896. The van der Waals surface area contributed by atoms with Crippen molar-refractivity contribution in [3.63, 3.8) is 0 Å². The molecule has 0 aliphatic heterocycles. The van der Waals surface area contributed by atoms with E-state index in [9.17, 15) is 9.59 Å². The van der Waals surface area contributed by atoms with Crippen molar-refractivity contribution >= 4 is 22.9 Å². The van der Waals surface area contributed by atoms with Gasteiger partial charge in [0.2, 0.25) is 0 Å². The van der Waals surface area contributed by atoms with Gasteiger partial charge in [-0.05, 0) is 35.7 Å². The van der Waals surface area contributed by atoms with Gasteiger partial charge in [-0.3, -0.25) is 9.59 Å². The molecule has 3 heteroatoms. The molecular weight excluding hydrogens is 316 g/mol. The maximum Gasteiger partial charge on any atom is 0.180 e. The molecule has 0 spiro atoms. The van der Waals surface area contributed by atoms with Gasteiger partial charge in [0.25, 0.3) is 0 Å². The van der Waals surface area contributed by atoms with E-state index in [0.717, 1.165) is 11.1 Å². The minimum absolute atomic E-state index is 0.102. The SMILES string of the molecule is O=C(CC(=O)c1cccs1)c1ccc(C#Cc2ccccc2)cc1. The Balaban J connectivity index is 1.67. The van der Waals surface area contributed by atoms with E-state index in [-0.39, 0.29) is 18.0 Å². The molecule has 0 N–H and O–H groups in total. The lowest BCUT2D eigenvalue weighted by atomic mass is 10.0. The van der Waals surface area contributed by atoms with Crippen LogP contribution in [-0.2, 0) is 0 Å². The molecule has 0 bridgehead atoms. The average Bonchev–Trinajstić information content (AvgIpc) is 3.16. The van der Waals surface area contributed by atoms with E-state index < -0.39 is 0 Å². The fourth-order valence-electron chi connectivity index (χ4n) is 2.18. The first-order valence-electron chi connectivity index (χ1n) is 7.49. The molecule has 1 aromatic heterocycles. The molecule has 24 heavy (non-hydrogen) atoms. The second-order valence-corrected chi connectivity index (χ2v) is 6.14. The van der Waals surface area contributed by atoms with Crippen LogP contribution in [0.15, 0.2) is 72.1 Å². The molecule has 116 valence electrons. The second kappa shape index (κ2) is 7.54. The summed E-state index contributed by atoms with van der Waals surface area (Å²) in [5.41, 5.74) is 2.31. The zero-order valence-corrected chi connectivity index (χ0v) is 13.7. The average molecular weight is 330 g/mol. The lowest BCUT2D eigenvalue weighted by Gasteiger charge is -2.00. The molecule has 0 atom stereocenters. The van der Waals surface area contributed by atoms with E-state index >= 15 is 0 Å². The lowest BCUT2D eigenvalue weighted by Crippen LogP contribution is -2.07. The second-order valence-electron chi connectivity index (χ2n) is 5.19. The molecule has 2 aromatic carbocycles. The number of benzene rings is 2. The van der Waals surface area contributed by atoms with Crippen molar-refractivity contribution in [3.8, 4) is 11.8 Å². The number of Topliss-reactive ketones (excluding diaryl/α,β-unsaturated/α-hetero) is 2. The standard InChI is InChI=1S/C21H14O2S/c22-19(15-20(23)21-7-4-14-24-21)18-12-10-17(11-13-18)9-8-16-5-2-1-3-6-16/h1-7,10-14H,15H2. The third-order valence-electron chi connectivity index (χ3n) is 3.45. The molecule has 0 fully saturated rings. The predicted molar refractivity (Wildman–Crippen MR) is 96.5 cm³/mol. The van der Waals surface area contributed by atoms with Crippen LogP contribution in [-0.4, -0.2) is 11.6 Å². The summed E-state index contributed by atoms with van der Waals surface area (Å²) >= 11 is 1.36. The van der Waals surface area contributed by atoms with Gasteiger partial charge in [0, 0.05) is 16.7 Å². The molecule has 2 nitrogen and oxygen atoms in total. The third-order valence-corrected chi connectivity index (χ3v) is 4.36. The summed E-state index contributed by atoms with van der Waals surface area (Å²) in [6.07, 6.45) is -0.102. The summed E-state index contributed by atoms with van der Waals surface area (Å²) in [5, 5.41) is 1.83. The van der Waals surface area contributed by atoms with Crippen LogP contribution in [0.3, 0.4) is 0 Å². The van der Waals surface area contributed by atoms with Crippen LogP contribution in [0.4, 0.5) is 0 Å². The molecule has 0 unspecified atom stereocenters. The molecule has 0 saturated carbocycles. The Labute approximate surface area is 144 Å². The van der Waals surface area contributed by atoms with E-state index in [1.54, 1.807) is 30.3 Å². The number of hydrogen-bond acceptors (Lipinski definition) is 3. The normalized spacial score (nSPS) is 9.83. The molecule has 0 aliphatic rings. The van der Waals surface area contributed by atoms with E-state index in [4.69, 9.17) is 0 Å². The first-order valence-corrected chi connectivity index (χ1v) is 8.37. The molecular formula is C21H14O2S. The lowest BCUT2D eigenvalue weighted by molar-refractivity contribution is 0.0896. The minimum atomic E-state index is -0.170. The first-order chi connectivity index (χ1) is 11.7. The van der Waals surface area contributed by atoms with Crippen LogP contribution in [0.5, 0.6) is 0 Å². The van der Waals surface area contributed by atoms with E-state index in [2.05, 4.69) is 11.8 Å². The maximum absolute atomic E-state index is 12.2. The quantitative estimate of drug-likeness (QED) is 0.398. The number of ketones is 2. The summed E-state index contributed by atoms with van der Waals surface area (Å²) in [6.45, 7) is 0. The van der Waals surface area contributed by atoms with E-state index in [0.29, 0.717) is 10.4 Å². The Kier molecular flexibility index (Phi) is 5.00. The van der Waals surface area contributed by atoms with Crippen molar-refractivity contribution < 1.29 is 9.59 Å². The number of thiophene rings is 1. The number of hydrogen-bond donors (Lipinski definition) is 0. The largest absolute Gasteiger partial charge is 0.294 e. The van der Waals surface area contributed by atoms with Crippen LogP contribution in [0.25, 0.3) is 0 Å². The highest BCUT2D eigenvalue weighted by molar-refractivity contribution is 7.12. The Hall–Kier alpha value is -2.96. The third kappa shape index (κ3) is 4.07. The van der Waals surface area contributed by atoms with E-state index in [1.165, 1.54) is 11.3 Å². The molecule has 3 aromatic rings. The van der Waals surface area contributed by atoms with E-state index in [1.807, 2.05) is 41.8 Å². The summed E-state index contributed by atoms with van der Waals surface area (Å²) in [6, 6.07) is 20.3. The summed E-state index contributed by atoms with van der Waals surface area (Å²) in [5.74, 6) is 5.83. The van der Waals surface area contributed by atoms with Gasteiger partial charge in [-0.15, -0.1) is 11.3 Å². The number of carbonyl (C=O) groups is 2. The summed E-state index contributed by atoms with van der Waals surface area (Å²) in [4.78, 5) is 24.8. The number of carbonyl (C=O) groups excluding carboxylic acids is 2. The van der Waals surface area contributed by atoms with Crippen LogP contribution in [0.2, 0.25) is 0 Å². The molecule has 3 rings (SSSR count). The molecule has 1 heterocycles. The van der Waals surface area contributed by atoms with Gasteiger partial charge in [0.05, 0.1) is 11.3 Å². The molecule has 0 radical (unpaired) electrons. The highest BCUT2D eigenvalue weighted by Crippen LogP contribution is 2.14. The van der Waals surface area contributed by atoms with Crippen molar-refractivity contribution in [1.82, 2.24) is 0 Å². The highest BCUT2D eigenvalue weighted by Gasteiger charge is 2.14. The maximum atomic E-state index is 12.2. The van der Waals surface area contributed by atoms with Gasteiger partial charge in [-0.25, -0.2) is 0 Å². The zero-order chi connectivity index (χ0) is 16.8. The zero-order valence-electron chi connectivity index (χ0n) is 12.9. The smallest absolute Gasteiger partial charge is 0.180 e. The first kappa shape index (κ1) is 15.9. The van der Waals surface area contributed by atoms with Crippen molar-refractivity contribution in [2.75, 3.05) is 0 Å². The summed E-state index contributed by atoms with van der Waals surface area (Å²) in [7, 11) is 0. The summed E-state index contributed by atoms with van der Waals surface area (Å²) < 4.78 is 0. The van der Waals surface area contributed by atoms with Crippen molar-refractivity contribution in [3.05, 3.63) is 93.7 Å². The van der Waals surface area contributed by atoms with Gasteiger partial charge in [0.1, 0.15) is 0 Å². The topological polar surface area (TPSA) is 34.1 Å². The van der Waals surface area contributed by atoms with Crippen molar-refractivity contribution in [2.45, 2.75) is 6.42 Å². The monoisotopic (exact) mass is 330 g/mol. The minimum Gasteiger partial charge on any atom is -0.294 e. The van der Waals surface area contributed by atoms with Gasteiger partial charge in [-0.2, -0.15) is 0 Å². The van der Waals surface area contributed by atoms with Crippen LogP contribution < -0.4 is 0 Å².